The minimum atomic E-state index is 0.301. The number of oxazole rings is 1. The Labute approximate surface area is 103 Å². The van der Waals surface area contributed by atoms with E-state index in [0.717, 1.165) is 12.3 Å². The first kappa shape index (κ1) is 12.6. The van der Waals surface area contributed by atoms with Crippen molar-refractivity contribution in [1.29, 1.82) is 0 Å². The summed E-state index contributed by atoms with van der Waals surface area (Å²) in [5.74, 6) is 0.920. The molecule has 2 heterocycles. The minimum absolute atomic E-state index is 0.301. The first-order valence-electron chi connectivity index (χ1n) is 6.41. The Hall–Kier alpha value is -0.870. The molecule has 96 valence electrons. The van der Waals surface area contributed by atoms with Gasteiger partial charge in [-0.05, 0) is 33.6 Å². The topological polar surface area (TPSA) is 41.3 Å². The van der Waals surface area contributed by atoms with Gasteiger partial charge in [0.05, 0.1) is 12.7 Å². The van der Waals surface area contributed by atoms with Gasteiger partial charge in [0, 0.05) is 24.7 Å². The fourth-order valence-electron chi connectivity index (χ4n) is 2.33. The summed E-state index contributed by atoms with van der Waals surface area (Å²) in [5.41, 5.74) is 0.301. The fourth-order valence-corrected chi connectivity index (χ4v) is 2.33. The highest BCUT2D eigenvalue weighted by molar-refractivity contribution is 4.90. The predicted molar refractivity (Wildman–Crippen MR) is 67.7 cm³/mol. The molecule has 1 aromatic rings. The molecular formula is C13H23N3O. The summed E-state index contributed by atoms with van der Waals surface area (Å²) in [7, 11) is 0. The van der Waals surface area contributed by atoms with E-state index >= 15 is 0 Å². The largest absolute Gasteiger partial charge is 0.447 e. The number of hydrogen-bond donors (Lipinski definition) is 1. The average Bonchev–Trinajstić information content (AvgIpc) is 2.78. The van der Waals surface area contributed by atoms with Gasteiger partial charge in [0.25, 0.3) is 0 Å². The van der Waals surface area contributed by atoms with Gasteiger partial charge in [-0.1, -0.05) is 0 Å². The zero-order chi connectivity index (χ0) is 12.3. The molecule has 1 aliphatic heterocycles. The summed E-state index contributed by atoms with van der Waals surface area (Å²) in [6, 6.07) is 0.610. The number of piperidine rings is 1. The monoisotopic (exact) mass is 237 g/mol. The van der Waals surface area contributed by atoms with Crippen LogP contribution in [0.25, 0.3) is 0 Å². The maximum atomic E-state index is 5.22. The summed E-state index contributed by atoms with van der Waals surface area (Å²) in [4.78, 5) is 6.47. The standard InChI is InChI=1S/C13H23N3O/c1-13(2,3)16-6-4-11(5-7-16)15-9-12-8-14-10-17-12/h8,10-11,15H,4-7,9H2,1-3H3. The maximum Gasteiger partial charge on any atom is 0.180 e. The van der Waals surface area contributed by atoms with Crippen LogP contribution in [0.2, 0.25) is 0 Å². The van der Waals surface area contributed by atoms with Crippen LogP contribution < -0.4 is 5.32 Å². The third-order valence-corrected chi connectivity index (χ3v) is 3.49. The molecule has 0 spiro atoms. The van der Waals surface area contributed by atoms with Crippen LogP contribution in [-0.2, 0) is 6.54 Å². The van der Waals surface area contributed by atoms with Gasteiger partial charge in [-0.15, -0.1) is 0 Å². The smallest absolute Gasteiger partial charge is 0.180 e. The maximum absolute atomic E-state index is 5.22. The second kappa shape index (κ2) is 5.19. The fraction of sp³-hybridized carbons (Fsp3) is 0.769. The molecule has 1 aliphatic rings. The van der Waals surface area contributed by atoms with Crippen molar-refractivity contribution < 1.29 is 4.42 Å². The molecule has 0 saturated carbocycles. The number of nitrogens with zero attached hydrogens (tertiary/aromatic N) is 2. The number of nitrogens with one attached hydrogen (secondary N) is 1. The third kappa shape index (κ3) is 3.54. The molecule has 17 heavy (non-hydrogen) atoms. The molecule has 2 rings (SSSR count). The quantitative estimate of drug-likeness (QED) is 0.873. The van der Waals surface area contributed by atoms with Crippen molar-refractivity contribution in [3.05, 3.63) is 18.4 Å². The molecule has 4 heteroatoms. The first-order chi connectivity index (χ1) is 8.05. The molecule has 0 radical (unpaired) electrons. The van der Waals surface area contributed by atoms with Crippen molar-refractivity contribution in [3.8, 4) is 0 Å². The van der Waals surface area contributed by atoms with Gasteiger partial charge in [-0.25, -0.2) is 4.98 Å². The van der Waals surface area contributed by atoms with Gasteiger partial charge in [-0.3, -0.25) is 4.90 Å². The Morgan fingerprint density at radius 1 is 1.41 bits per heavy atom. The Bertz CT molecular complexity index is 321. The number of rotatable bonds is 3. The number of aromatic nitrogens is 1. The second-order valence-corrected chi connectivity index (χ2v) is 5.78. The van der Waals surface area contributed by atoms with E-state index in [9.17, 15) is 0 Å². The van der Waals surface area contributed by atoms with Gasteiger partial charge in [0.2, 0.25) is 0 Å². The normalized spacial score (nSPS) is 19.7. The van der Waals surface area contributed by atoms with E-state index in [0.29, 0.717) is 11.6 Å². The molecule has 0 aliphatic carbocycles. The summed E-state index contributed by atoms with van der Waals surface area (Å²) in [6.45, 7) is 10.0. The summed E-state index contributed by atoms with van der Waals surface area (Å²) < 4.78 is 5.22. The Morgan fingerprint density at radius 3 is 2.65 bits per heavy atom. The summed E-state index contributed by atoms with van der Waals surface area (Å²) >= 11 is 0. The Morgan fingerprint density at radius 2 is 2.12 bits per heavy atom. The van der Waals surface area contributed by atoms with Crippen LogP contribution in [-0.4, -0.2) is 34.6 Å². The highest BCUT2D eigenvalue weighted by Crippen LogP contribution is 2.20. The lowest BCUT2D eigenvalue weighted by Crippen LogP contribution is -2.49. The van der Waals surface area contributed by atoms with Gasteiger partial charge < -0.3 is 9.73 Å². The van der Waals surface area contributed by atoms with Crippen LogP contribution in [0, 0.1) is 0 Å². The van der Waals surface area contributed by atoms with Crippen molar-refractivity contribution in [1.82, 2.24) is 15.2 Å². The van der Waals surface area contributed by atoms with Gasteiger partial charge in [0.1, 0.15) is 5.76 Å². The van der Waals surface area contributed by atoms with Crippen LogP contribution >= 0.6 is 0 Å². The van der Waals surface area contributed by atoms with E-state index in [1.165, 1.54) is 32.3 Å². The van der Waals surface area contributed by atoms with E-state index in [2.05, 4.69) is 36.0 Å². The molecule has 0 amide bonds. The van der Waals surface area contributed by atoms with E-state index < -0.39 is 0 Å². The molecule has 0 atom stereocenters. The van der Waals surface area contributed by atoms with E-state index in [1.54, 1.807) is 6.20 Å². The van der Waals surface area contributed by atoms with E-state index in [-0.39, 0.29) is 0 Å². The van der Waals surface area contributed by atoms with Gasteiger partial charge >= 0.3 is 0 Å². The lowest BCUT2D eigenvalue weighted by Gasteiger charge is -2.41. The number of hydrogen-bond acceptors (Lipinski definition) is 4. The van der Waals surface area contributed by atoms with Gasteiger partial charge in [-0.2, -0.15) is 0 Å². The molecule has 1 saturated heterocycles. The molecule has 0 bridgehead atoms. The van der Waals surface area contributed by atoms with Crippen molar-refractivity contribution in [2.45, 2.75) is 51.7 Å². The van der Waals surface area contributed by atoms with Crippen LogP contribution in [0.15, 0.2) is 17.0 Å². The molecule has 1 fully saturated rings. The lowest BCUT2D eigenvalue weighted by atomic mass is 9.98. The molecule has 1 aromatic heterocycles. The molecule has 4 nitrogen and oxygen atoms in total. The van der Waals surface area contributed by atoms with Crippen LogP contribution in [0.1, 0.15) is 39.4 Å². The highest BCUT2D eigenvalue weighted by atomic mass is 16.3. The highest BCUT2D eigenvalue weighted by Gasteiger charge is 2.26. The molecule has 1 N–H and O–H groups in total. The Kier molecular flexibility index (Phi) is 3.84. The minimum Gasteiger partial charge on any atom is -0.447 e. The number of likely N-dealkylation sites (tertiary alicyclic amines) is 1. The second-order valence-electron chi connectivity index (χ2n) is 5.78. The first-order valence-corrected chi connectivity index (χ1v) is 6.41. The van der Waals surface area contributed by atoms with Crippen molar-refractivity contribution in [2.24, 2.45) is 0 Å². The lowest BCUT2D eigenvalue weighted by molar-refractivity contribution is 0.0956. The SMILES string of the molecule is CC(C)(C)N1CCC(NCc2cnco2)CC1. The summed E-state index contributed by atoms with van der Waals surface area (Å²) in [6.07, 6.45) is 5.69. The van der Waals surface area contributed by atoms with Crippen LogP contribution in [0.4, 0.5) is 0 Å². The van der Waals surface area contributed by atoms with Crippen molar-refractivity contribution >= 4 is 0 Å². The van der Waals surface area contributed by atoms with Crippen molar-refractivity contribution in [2.75, 3.05) is 13.1 Å². The van der Waals surface area contributed by atoms with E-state index in [1.807, 2.05) is 0 Å². The Balaban J connectivity index is 1.72. The molecule has 0 unspecified atom stereocenters. The van der Waals surface area contributed by atoms with Gasteiger partial charge in [0.15, 0.2) is 6.39 Å². The third-order valence-electron chi connectivity index (χ3n) is 3.49. The van der Waals surface area contributed by atoms with E-state index in [4.69, 9.17) is 4.42 Å². The summed E-state index contributed by atoms with van der Waals surface area (Å²) in [5, 5.41) is 3.54. The molecular weight excluding hydrogens is 214 g/mol. The predicted octanol–water partition coefficient (Wildman–Crippen LogP) is 2.03. The molecule has 0 aromatic carbocycles. The average molecular weight is 237 g/mol. The van der Waals surface area contributed by atoms with Crippen molar-refractivity contribution in [3.63, 3.8) is 0 Å². The zero-order valence-electron chi connectivity index (χ0n) is 11.1. The van der Waals surface area contributed by atoms with Crippen LogP contribution in [0.3, 0.4) is 0 Å². The van der Waals surface area contributed by atoms with Crippen LogP contribution in [0.5, 0.6) is 0 Å². The zero-order valence-corrected chi connectivity index (χ0v) is 11.1.